The van der Waals surface area contributed by atoms with Gasteiger partial charge in [0.15, 0.2) is 0 Å². The zero-order valence-corrected chi connectivity index (χ0v) is 10.2. The summed E-state index contributed by atoms with van der Waals surface area (Å²) in [6.45, 7) is 8.79. The van der Waals surface area contributed by atoms with Gasteiger partial charge in [-0.3, -0.25) is 4.98 Å². The Hall–Kier alpha value is -1.09. The number of aromatic nitrogens is 1. The molecule has 2 rings (SSSR count). The minimum atomic E-state index is 0.514. The second kappa shape index (κ2) is 5.30. The molecule has 1 aliphatic rings. The number of hydrogen-bond acceptors (Lipinski definition) is 3. The summed E-state index contributed by atoms with van der Waals surface area (Å²) in [4.78, 5) is 6.94. The average Bonchev–Trinajstić information content (AvgIpc) is 2.57. The molecule has 0 bridgehead atoms. The van der Waals surface area contributed by atoms with Crippen LogP contribution in [0.3, 0.4) is 0 Å². The molecule has 1 saturated heterocycles. The van der Waals surface area contributed by atoms with E-state index in [-0.39, 0.29) is 0 Å². The SMILES string of the molecule is CC(C)c1ccc(N2CCCNCC2)cn1. The van der Waals surface area contributed by atoms with Crippen molar-refractivity contribution >= 4 is 5.69 Å². The third-order valence-corrected chi connectivity index (χ3v) is 3.07. The molecule has 88 valence electrons. The van der Waals surface area contributed by atoms with Gasteiger partial charge in [-0.15, -0.1) is 0 Å². The first kappa shape index (κ1) is 11.4. The van der Waals surface area contributed by atoms with E-state index in [4.69, 9.17) is 0 Å². The van der Waals surface area contributed by atoms with Gasteiger partial charge in [-0.2, -0.15) is 0 Å². The first-order chi connectivity index (χ1) is 7.77. The summed E-state index contributed by atoms with van der Waals surface area (Å²) in [6.07, 6.45) is 3.23. The highest BCUT2D eigenvalue weighted by atomic mass is 15.2. The second-order valence-corrected chi connectivity index (χ2v) is 4.69. The Kier molecular flexibility index (Phi) is 3.78. The molecule has 0 saturated carbocycles. The lowest BCUT2D eigenvalue weighted by molar-refractivity contribution is 0.724. The van der Waals surface area contributed by atoms with Crippen molar-refractivity contribution < 1.29 is 0 Å². The molecule has 2 heterocycles. The van der Waals surface area contributed by atoms with E-state index in [0.717, 1.165) is 26.2 Å². The fourth-order valence-corrected chi connectivity index (χ4v) is 2.03. The van der Waals surface area contributed by atoms with Gasteiger partial charge < -0.3 is 10.2 Å². The predicted octanol–water partition coefficient (Wildman–Crippen LogP) is 2.00. The molecule has 1 aromatic heterocycles. The number of nitrogens with zero attached hydrogens (tertiary/aromatic N) is 2. The lowest BCUT2D eigenvalue weighted by atomic mass is 10.1. The fraction of sp³-hybridized carbons (Fsp3) is 0.615. The summed E-state index contributed by atoms with van der Waals surface area (Å²) >= 11 is 0. The zero-order valence-electron chi connectivity index (χ0n) is 10.2. The first-order valence-corrected chi connectivity index (χ1v) is 6.19. The molecule has 3 nitrogen and oxygen atoms in total. The molecule has 0 aromatic carbocycles. The number of pyridine rings is 1. The van der Waals surface area contributed by atoms with E-state index in [1.807, 2.05) is 6.20 Å². The van der Waals surface area contributed by atoms with Crippen molar-refractivity contribution in [3.8, 4) is 0 Å². The minimum Gasteiger partial charge on any atom is -0.369 e. The molecule has 0 unspecified atom stereocenters. The maximum Gasteiger partial charge on any atom is 0.0553 e. The molecule has 1 fully saturated rings. The molecular formula is C13H21N3. The molecule has 0 spiro atoms. The Balaban J connectivity index is 2.07. The van der Waals surface area contributed by atoms with Crippen molar-refractivity contribution in [1.82, 2.24) is 10.3 Å². The summed E-state index contributed by atoms with van der Waals surface area (Å²) in [5, 5.41) is 3.41. The van der Waals surface area contributed by atoms with Gasteiger partial charge in [-0.05, 0) is 31.0 Å². The van der Waals surface area contributed by atoms with Crippen molar-refractivity contribution in [2.24, 2.45) is 0 Å². The van der Waals surface area contributed by atoms with Gasteiger partial charge in [0.05, 0.1) is 11.9 Å². The molecule has 16 heavy (non-hydrogen) atoms. The quantitative estimate of drug-likeness (QED) is 0.824. The first-order valence-electron chi connectivity index (χ1n) is 6.19. The van der Waals surface area contributed by atoms with Crippen LogP contribution in [0, 0.1) is 0 Å². The van der Waals surface area contributed by atoms with Crippen LogP contribution in [-0.2, 0) is 0 Å². The Labute approximate surface area is 97.9 Å². The van der Waals surface area contributed by atoms with E-state index in [0.29, 0.717) is 5.92 Å². The molecule has 1 aromatic rings. The highest BCUT2D eigenvalue weighted by molar-refractivity contribution is 5.45. The fourth-order valence-electron chi connectivity index (χ4n) is 2.03. The van der Waals surface area contributed by atoms with Crippen molar-refractivity contribution in [2.75, 3.05) is 31.1 Å². The average molecular weight is 219 g/mol. The molecule has 0 aliphatic carbocycles. The van der Waals surface area contributed by atoms with Crippen LogP contribution in [0.25, 0.3) is 0 Å². The molecule has 1 aliphatic heterocycles. The molecule has 0 radical (unpaired) electrons. The zero-order chi connectivity index (χ0) is 11.4. The number of nitrogens with one attached hydrogen (secondary N) is 1. The molecule has 0 amide bonds. The largest absolute Gasteiger partial charge is 0.369 e. The molecular weight excluding hydrogens is 198 g/mol. The predicted molar refractivity (Wildman–Crippen MR) is 68.0 cm³/mol. The Morgan fingerprint density at radius 2 is 2.12 bits per heavy atom. The summed E-state index contributed by atoms with van der Waals surface area (Å²) in [5.41, 5.74) is 2.43. The number of rotatable bonds is 2. The maximum absolute atomic E-state index is 4.52. The van der Waals surface area contributed by atoms with Crippen molar-refractivity contribution in [1.29, 1.82) is 0 Å². The second-order valence-electron chi connectivity index (χ2n) is 4.69. The lowest BCUT2D eigenvalue weighted by Gasteiger charge is -2.22. The molecule has 1 N–H and O–H groups in total. The normalized spacial score (nSPS) is 17.6. The summed E-state index contributed by atoms with van der Waals surface area (Å²) in [5.74, 6) is 0.514. The third-order valence-electron chi connectivity index (χ3n) is 3.07. The highest BCUT2D eigenvalue weighted by Crippen LogP contribution is 2.17. The van der Waals surface area contributed by atoms with Crippen LogP contribution in [0.1, 0.15) is 31.9 Å². The van der Waals surface area contributed by atoms with Crippen molar-refractivity contribution in [2.45, 2.75) is 26.2 Å². The Bertz CT molecular complexity index is 310. The van der Waals surface area contributed by atoms with Gasteiger partial charge in [0, 0.05) is 25.3 Å². The van der Waals surface area contributed by atoms with Gasteiger partial charge >= 0.3 is 0 Å². The van der Waals surface area contributed by atoms with Gasteiger partial charge in [0.2, 0.25) is 0 Å². The van der Waals surface area contributed by atoms with Crippen molar-refractivity contribution in [3.05, 3.63) is 24.0 Å². The molecule has 3 heteroatoms. The van der Waals surface area contributed by atoms with E-state index in [1.165, 1.54) is 17.8 Å². The van der Waals surface area contributed by atoms with Crippen LogP contribution in [0.15, 0.2) is 18.3 Å². The monoisotopic (exact) mass is 219 g/mol. The number of hydrogen-bond donors (Lipinski definition) is 1. The van der Waals surface area contributed by atoms with E-state index in [2.05, 4.69) is 41.2 Å². The van der Waals surface area contributed by atoms with Crippen LogP contribution >= 0.6 is 0 Å². The summed E-state index contributed by atoms with van der Waals surface area (Å²) in [6, 6.07) is 4.35. The van der Waals surface area contributed by atoms with Gasteiger partial charge in [0.25, 0.3) is 0 Å². The van der Waals surface area contributed by atoms with Crippen LogP contribution < -0.4 is 10.2 Å². The van der Waals surface area contributed by atoms with E-state index in [1.54, 1.807) is 0 Å². The molecule has 0 atom stereocenters. The summed E-state index contributed by atoms with van der Waals surface area (Å²) in [7, 11) is 0. The van der Waals surface area contributed by atoms with Crippen molar-refractivity contribution in [3.63, 3.8) is 0 Å². The van der Waals surface area contributed by atoms with E-state index in [9.17, 15) is 0 Å². The van der Waals surface area contributed by atoms with E-state index >= 15 is 0 Å². The highest BCUT2D eigenvalue weighted by Gasteiger charge is 2.10. The Morgan fingerprint density at radius 1 is 1.25 bits per heavy atom. The summed E-state index contributed by atoms with van der Waals surface area (Å²) < 4.78 is 0. The van der Waals surface area contributed by atoms with Gasteiger partial charge in [0.1, 0.15) is 0 Å². The minimum absolute atomic E-state index is 0.514. The maximum atomic E-state index is 4.52. The number of anilines is 1. The van der Waals surface area contributed by atoms with Crippen LogP contribution in [0.5, 0.6) is 0 Å². The smallest absolute Gasteiger partial charge is 0.0553 e. The van der Waals surface area contributed by atoms with Crippen LogP contribution in [0.4, 0.5) is 5.69 Å². The topological polar surface area (TPSA) is 28.2 Å². The van der Waals surface area contributed by atoms with Crippen LogP contribution in [0.2, 0.25) is 0 Å². The van der Waals surface area contributed by atoms with Crippen LogP contribution in [-0.4, -0.2) is 31.2 Å². The van der Waals surface area contributed by atoms with Gasteiger partial charge in [-0.25, -0.2) is 0 Å². The van der Waals surface area contributed by atoms with Gasteiger partial charge in [-0.1, -0.05) is 13.8 Å². The lowest BCUT2D eigenvalue weighted by Crippen LogP contribution is -2.27. The third kappa shape index (κ3) is 2.73. The Morgan fingerprint density at radius 3 is 2.81 bits per heavy atom. The standard InChI is InChI=1S/C13H21N3/c1-11(2)13-5-4-12(10-15-13)16-8-3-6-14-7-9-16/h4-5,10-11,14H,3,6-9H2,1-2H3. The van der Waals surface area contributed by atoms with E-state index < -0.39 is 0 Å².